The Balaban J connectivity index is 1.80. The highest BCUT2D eigenvalue weighted by molar-refractivity contribution is 7.09. The Bertz CT molecular complexity index is 422. The van der Waals surface area contributed by atoms with E-state index < -0.39 is 6.10 Å². The van der Waals surface area contributed by atoms with Crippen LogP contribution < -0.4 is 0 Å². The maximum Gasteiger partial charge on any atom is 0.137 e. The van der Waals surface area contributed by atoms with Gasteiger partial charge < -0.3 is 9.67 Å². The molecule has 16 heavy (non-hydrogen) atoms. The molecule has 0 aliphatic carbocycles. The number of aliphatic hydroxyl groups excluding tert-OH is 1. The summed E-state index contributed by atoms with van der Waals surface area (Å²) in [6.45, 7) is 0. The van der Waals surface area contributed by atoms with Gasteiger partial charge in [0, 0.05) is 24.3 Å². The summed E-state index contributed by atoms with van der Waals surface area (Å²) in [5.74, 6) is 0.756. The average molecular weight is 236 g/mol. The molecule has 1 atom stereocenters. The van der Waals surface area contributed by atoms with Crippen LogP contribution in [0.1, 0.15) is 29.6 Å². The van der Waals surface area contributed by atoms with Crippen LogP contribution in [0.2, 0.25) is 0 Å². The lowest BCUT2D eigenvalue weighted by Crippen LogP contribution is -2.05. The zero-order chi connectivity index (χ0) is 11.4. The fourth-order valence-corrected chi connectivity index (χ4v) is 2.50. The molecule has 0 aliphatic heterocycles. The second-order valence-electron chi connectivity index (χ2n) is 3.88. The first-order valence-corrected chi connectivity index (χ1v) is 6.33. The van der Waals surface area contributed by atoms with Crippen LogP contribution >= 0.6 is 11.3 Å². The monoisotopic (exact) mass is 236 g/mol. The average Bonchev–Trinajstić information content (AvgIpc) is 2.88. The second-order valence-corrected chi connectivity index (χ2v) is 4.92. The number of aryl methyl sites for hydroxylation is 2. The smallest absolute Gasteiger partial charge is 0.137 e. The largest absolute Gasteiger partial charge is 0.385 e. The highest BCUT2D eigenvalue weighted by Crippen LogP contribution is 2.19. The van der Waals surface area contributed by atoms with Gasteiger partial charge in [-0.1, -0.05) is 6.07 Å². The molecule has 2 heterocycles. The van der Waals surface area contributed by atoms with Crippen molar-refractivity contribution in [2.45, 2.75) is 25.4 Å². The Morgan fingerprint density at radius 2 is 2.44 bits per heavy atom. The summed E-state index contributed by atoms with van der Waals surface area (Å²) in [7, 11) is 1.91. The quantitative estimate of drug-likeness (QED) is 0.866. The molecule has 0 amide bonds. The molecule has 4 heteroatoms. The first kappa shape index (κ1) is 11.4. The van der Waals surface area contributed by atoms with Gasteiger partial charge in [0.1, 0.15) is 11.9 Å². The Morgan fingerprint density at radius 1 is 1.56 bits per heavy atom. The third kappa shape index (κ3) is 2.71. The van der Waals surface area contributed by atoms with Crippen molar-refractivity contribution < 1.29 is 5.11 Å². The van der Waals surface area contributed by atoms with Crippen molar-refractivity contribution in [1.29, 1.82) is 0 Å². The molecule has 0 aromatic carbocycles. The Morgan fingerprint density at radius 3 is 3.06 bits per heavy atom. The van der Waals surface area contributed by atoms with Crippen LogP contribution in [0.25, 0.3) is 0 Å². The summed E-state index contributed by atoms with van der Waals surface area (Å²) >= 11 is 1.77. The second kappa shape index (κ2) is 5.27. The molecule has 1 N–H and O–H groups in total. The van der Waals surface area contributed by atoms with E-state index in [1.807, 2.05) is 17.8 Å². The van der Waals surface area contributed by atoms with E-state index in [1.165, 1.54) is 4.88 Å². The molecule has 3 nitrogen and oxygen atoms in total. The van der Waals surface area contributed by atoms with E-state index in [0.29, 0.717) is 0 Å². The van der Waals surface area contributed by atoms with E-state index in [1.54, 1.807) is 17.5 Å². The summed E-state index contributed by atoms with van der Waals surface area (Å²) in [6, 6.07) is 4.20. The number of imidazole rings is 1. The lowest BCUT2D eigenvalue weighted by Gasteiger charge is -2.09. The molecule has 0 radical (unpaired) electrons. The number of nitrogens with zero attached hydrogens (tertiary/aromatic N) is 2. The van der Waals surface area contributed by atoms with Gasteiger partial charge in [0.2, 0.25) is 0 Å². The van der Waals surface area contributed by atoms with Crippen molar-refractivity contribution in [3.8, 4) is 0 Å². The number of aromatic nitrogens is 2. The van der Waals surface area contributed by atoms with Gasteiger partial charge in [-0.05, 0) is 30.7 Å². The van der Waals surface area contributed by atoms with Crippen LogP contribution in [0.4, 0.5) is 0 Å². The normalized spacial score (nSPS) is 12.9. The third-order valence-electron chi connectivity index (χ3n) is 2.64. The van der Waals surface area contributed by atoms with Crippen molar-refractivity contribution >= 4 is 11.3 Å². The van der Waals surface area contributed by atoms with Crippen LogP contribution in [0.5, 0.6) is 0 Å². The first-order valence-electron chi connectivity index (χ1n) is 5.45. The summed E-state index contributed by atoms with van der Waals surface area (Å²) < 4.78 is 1.87. The van der Waals surface area contributed by atoms with E-state index in [9.17, 15) is 5.11 Å². The minimum absolute atomic E-state index is 0.444. The van der Waals surface area contributed by atoms with Crippen LogP contribution in [-0.2, 0) is 13.5 Å². The SMILES string of the molecule is Cn1ccnc1C(O)CCCc1cccs1. The third-order valence-corrected chi connectivity index (χ3v) is 3.57. The molecule has 2 aromatic heterocycles. The number of hydrogen-bond donors (Lipinski definition) is 1. The zero-order valence-electron chi connectivity index (χ0n) is 9.34. The molecule has 86 valence electrons. The summed E-state index contributed by atoms with van der Waals surface area (Å²) in [5.41, 5.74) is 0. The fourth-order valence-electron chi connectivity index (χ4n) is 1.75. The van der Waals surface area contributed by atoms with E-state index in [2.05, 4.69) is 22.5 Å². The minimum atomic E-state index is -0.444. The molecule has 0 spiro atoms. The van der Waals surface area contributed by atoms with Gasteiger partial charge in [0.25, 0.3) is 0 Å². The van der Waals surface area contributed by atoms with Gasteiger partial charge in [-0.2, -0.15) is 0 Å². The summed E-state index contributed by atoms with van der Waals surface area (Å²) in [4.78, 5) is 5.53. The predicted octanol–water partition coefficient (Wildman–Crippen LogP) is 2.54. The first-order chi connectivity index (χ1) is 7.77. The topological polar surface area (TPSA) is 38.0 Å². The molecule has 2 rings (SSSR count). The number of thiophene rings is 1. The number of hydrogen-bond acceptors (Lipinski definition) is 3. The van der Waals surface area contributed by atoms with E-state index in [0.717, 1.165) is 25.1 Å². The van der Waals surface area contributed by atoms with E-state index in [-0.39, 0.29) is 0 Å². The molecule has 0 fully saturated rings. The molecule has 0 saturated carbocycles. The lowest BCUT2D eigenvalue weighted by molar-refractivity contribution is 0.152. The van der Waals surface area contributed by atoms with Gasteiger partial charge in [-0.25, -0.2) is 4.98 Å². The number of rotatable bonds is 5. The van der Waals surface area contributed by atoms with E-state index >= 15 is 0 Å². The summed E-state index contributed by atoms with van der Waals surface area (Å²) in [5, 5.41) is 12.0. The lowest BCUT2D eigenvalue weighted by atomic mass is 10.1. The molecular weight excluding hydrogens is 220 g/mol. The Labute approximate surface area is 99.4 Å². The summed E-state index contributed by atoms with van der Waals surface area (Å²) in [6.07, 6.45) is 5.94. The van der Waals surface area contributed by atoms with Crippen LogP contribution in [-0.4, -0.2) is 14.7 Å². The van der Waals surface area contributed by atoms with Crippen LogP contribution in [0.3, 0.4) is 0 Å². The zero-order valence-corrected chi connectivity index (χ0v) is 10.2. The van der Waals surface area contributed by atoms with Crippen molar-refractivity contribution in [1.82, 2.24) is 9.55 Å². The van der Waals surface area contributed by atoms with Crippen LogP contribution in [0.15, 0.2) is 29.9 Å². The van der Waals surface area contributed by atoms with Crippen molar-refractivity contribution in [2.75, 3.05) is 0 Å². The van der Waals surface area contributed by atoms with Crippen molar-refractivity contribution in [3.05, 3.63) is 40.6 Å². The molecule has 0 bridgehead atoms. The van der Waals surface area contributed by atoms with Gasteiger partial charge in [-0.3, -0.25) is 0 Å². The molecular formula is C12H16N2OS. The minimum Gasteiger partial charge on any atom is -0.385 e. The highest BCUT2D eigenvalue weighted by atomic mass is 32.1. The number of aliphatic hydroxyl groups is 1. The standard InChI is InChI=1S/C12H16N2OS/c1-14-8-7-13-12(14)11(15)6-2-4-10-5-3-9-16-10/h3,5,7-9,11,15H,2,4,6H2,1H3. The predicted molar refractivity (Wildman–Crippen MR) is 65.4 cm³/mol. The molecule has 0 aliphatic rings. The van der Waals surface area contributed by atoms with Crippen LogP contribution in [0, 0.1) is 0 Å². The Kier molecular flexibility index (Phi) is 3.74. The maximum absolute atomic E-state index is 9.94. The highest BCUT2D eigenvalue weighted by Gasteiger charge is 2.11. The van der Waals surface area contributed by atoms with Gasteiger partial charge >= 0.3 is 0 Å². The van der Waals surface area contributed by atoms with Gasteiger partial charge in [0.15, 0.2) is 0 Å². The van der Waals surface area contributed by atoms with Crippen molar-refractivity contribution in [3.63, 3.8) is 0 Å². The maximum atomic E-state index is 9.94. The molecule has 2 aromatic rings. The molecule has 0 saturated heterocycles. The Hall–Kier alpha value is -1.13. The fraction of sp³-hybridized carbons (Fsp3) is 0.417. The molecule has 1 unspecified atom stereocenters. The van der Waals surface area contributed by atoms with Gasteiger partial charge in [-0.15, -0.1) is 11.3 Å². The van der Waals surface area contributed by atoms with E-state index in [4.69, 9.17) is 0 Å². The van der Waals surface area contributed by atoms with Crippen molar-refractivity contribution in [2.24, 2.45) is 7.05 Å². The van der Waals surface area contributed by atoms with Gasteiger partial charge in [0.05, 0.1) is 0 Å².